The normalized spacial score (nSPS) is 43.6. The Morgan fingerprint density at radius 3 is 1.65 bits per heavy atom. The Morgan fingerprint density at radius 1 is 0.783 bits per heavy atom. The highest BCUT2D eigenvalue weighted by Crippen LogP contribution is 2.46. The molecule has 4 aliphatic heterocycles. The van der Waals surface area contributed by atoms with E-state index in [1.165, 1.54) is 0 Å². The van der Waals surface area contributed by atoms with Gasteiger partial charge < -0.3 is 4.74 Å². The summed E-state index contributed by atoms with van der Waals surface area (Å²) in [6.07, 6.45) is 9.88. The van der Waals surface area contributed by atoms with Crippen LogP contribution in [-0.4, -0.2) is 59.0 Å². The van der Waals surface area contributed by atoms with Crippen molar-refractivity contribution in [3.05, 3.63) is 0 Å². The van der Waals surface area contributed by atoms with E-state index in [1.54, 1.807) is 0 Å². The first kappa shape index (κ1) is 15.6. The molecule has 5 heteroatoms. The number of esters is 2. The molecule has 0 N–H and O–H groups in total. The molecule has 4 saturated heterocycles. The van der Waals surface area contributed by atoms with Crippen molar-refractivity contribution in [2.75, 3.05) is 14.1 Å². The molecule has 5 nitrogen and oxygen atoms in total. The first-order chi connectivity index (χ1) is 11.0. The van der Waals surface area contributed by atoms with Gasteiger partial charge in [-0.15, -0.1) is 0 Å². The molecule has 0 aromatic carbocycles. The van der Waals surface area contributed by atoms with Crippen LogP contribution in [0.25, 0.3) is 0 Å². The predicted octanol–water partition coefficient (Wildman–Crippen LogP) is 2.09. The van der Waals surface area contributed by atoms with Gasteiger partial charge in [0.2, 0.25) is 0 Å². The maximum atomic E-state index is 12.9. The highest BCUT2D eigenvalue weighted by atomic mass is 16.6. The molecule has 4 rings (SSSR count). The van der Waals surface area contributed by atoms with Crippen LogP contribution in [0.5, 0.6) is 0 Å². The SMILES string of the molecule is CN1[C@@H]2CCC[C@@]1(C(=O)OC(=O)[C@]13CCC[C@H](CC1)N3C)CC2. The Hall–Kier alpha value is -0.940. The van der Waals surface area contributed by atoms with Gasteiger partial charge in [-0.2, -0.15) is 0 Å². The van der Waals surface area contributed by atoms with E-state index in [1.807, 2.05) is 14.1 Å². The lowest BCUT2D eigenvalue weighted by Crippen LogP contribution is -2.58. The van der Waals surface area contributed by atoms with E-state index in [9.17, 15) is 9.59 Å². The van der Waals surface area contributed by atoms with Gasteiger partial charge in [-0.05, 0) is 78.3 Å². The van der Waals surface area contributed by atoms with Gasteiger partial charge in [0.25, 0.3) is 0 Å². The van der Waals surface area contributed by atoms with Gasteiger partial charge in [-0.25, -0.2) is 9.59 Å². The van der Waals surface area contributed by atoms with Crippen LogP contribution in [0.3, 0.4) is 0 Å². The summed E-state index contributed by atoms with van der Waals surface area (Å²) in [5, 5.41) is 0. The summed E-state index contributed by atoms with van der Waals surface area (Å²) in [5.74, 6) is -0.576. The van der Waals surface area contributed by atoms with E-state index in [0.29, 0.717) is 12.1 Å². The summed E-state index contributed by atoms with van der Waals surface area (Å²) in [6.45, 7) is 0. The molecule has 0 aromatic rings. The maximum Gasteiger partial charge on any atom is 0.334 e. The van der Waals surface area contributed by atoms with Crippen LogP contribution in [0.4, 0.5) is 0 Å². The highest BCUT2D eigenvalue weighted by Gasteiger charge is 2.57. The minimum atomic E-state index is -0.541. The summed E-state index contributed by atoms with van der Waals surface area (Å²) in [5.41, 5.74) is -1.08. The van der Waals surface area contributed by atoms with Crippen molar-refractivity contribution in [3.8, 4) is 0 Å². The number of carbonyl (C=O) groups excluding carboxylic acids is 2. The van der Waals surface area contributed by atoms with Gasteiger partial charge in [-0.3, -0.25) is 9.80 Å². The zero-order valence-corrected chi connectivity index (χ0v) is 14.3. The van der Waals surface area contributed by atoms with Crippen molar-refractivity contribution in [2.45, 2.75) is 87.4 Å². The Bertz CT molecular complexity index is 482. The minimum absolute atomic E-state index is 0.288. The Morgan fingerprint density at radius 2 is 1.22 bits per heavy atom. The zero-order chi connectivity index (χ0) is 16.2. The number of nitrogens with zero attached hydrogens (tertiary/aromatic N) is 2. The third-order valence-electron chi connectivity index (χ3n) is 7.43. The quantitative estimate of drug-likeness (QED) is 0.576. The molecule has 0 saturated carbocycles. The first-order valence-electron chi connectivity index (χ1n) is 9.22. The van der Waals surface area contributed by atoms with Crippen LogP contribution >= 0.6 is 0 Å². The standard InChI is InChI=1S/C18H28N2O3/c1-19-13-5-3-9-17(19,11-7-13)15(21)23-16(22)18-10-4-6-14(8-12-18)20(18)2/h13-14H,3-12H2,1-2H3/t13-,14-,17+,18+/m1/s1. The number of ether oxygens (including phenoxy) is 1. The average molecular weight is 320 g/mol. The fraction of sp³-hybridized carbons (Fsp3) is 0.889. The first-order valence-corrected chi connectivity index (χ1v) is 9.22. The van der Waals surface area contributed by atoms with Crippen molar-refractivity contribution in [3.63, 3.8) is 0 Å². The smallest absolute Gasteiger partial charge is 0.334 e. The Labute approximate surface area is 138 Å². The molecule has 4 atom stereocenters. The van der Waals surface area contributed by atoms with E-state index >= 15 is 0 Å². The van der Waals surface area contributed by atoms with Gasteiger partial charge in [0, 0.05) is 12.1 Å². The number of fused-ring (bicyclic) bond motifs is 4. The van der Waals surface area contributed by atoms with Crippen LogP contribution in [0, 0.1) is 0 Å². The second-order valence-electron chi connectivity index (χ2n) is 8.13. The van der Waals surface area contributed by atoms with Crippen LogP contribution < -0.4 is 0 Å². The molecule has 0 aliphatic carbocycles. The lowest BCUT2D eigenvalue weighted by Gasteiger charge is -2.42. The van der Waals surface area contributed by atoms with Crippen molar-refractivity contribution in [2.24, 2.45) is 0 Å². The number of piperidine rings is 2. The van der Waals surface area contributed by atoms with Gasteiger partial charge >= 0.3 is 11.9 Å². The van der Waals surface area contributed by atoms with E-state index < -0.39 is 11.1 Å². The fourth-order valence-corrected chi connectivity index (χ4v) is 5.76. The molecule has 0 amide bonds. The molecule has 23 heavy (non-hydrogen) atoms. The molecule has 128 valence electrons. The van der Waals surface area contributed by atoms with Gasteiger partial charge in [0.05, 0.1) is 0 Å². The molecular weight excluding hydrogens is 292 g/mol. The van der Waals surface area contributed by atoms with Gasteiger partial charge in [-0.1, -0.05) is 0 Å². The van der Waals surface area contributed by atoms with Crippen LogP contribution in [0.2, 0.25) is 0 Å². The summed E-state index contributed by atoms with van der Waals surface area (Å²) in [4.78, 5) is 30.2. The minimum Gasteiger partial charge on any atom is -0.390 e. The van der Waals surface area contributed by atoms with Crippen LogP contribution in [0.15, 0.2) is 0 Å². The second kappa shape index (κ2) is 5.28. The van der Waals surface area contributed by atoms with Crippen LogP contribution in [0.1, 0.15) is 64.2 Å². The molecule has 4 fully saturated rings. The summed E-state index contributed by atoms with van der Waals surface area (Å²) < 4.78 is 5.55. The summed E-state index contributed by atoms with van der Waals surface area (Å²) in [7, 11) is 4.05. The number of carbonyl (C=O) groups is 2. The third kappa shape index (κ3) is 2.05. The highest BCUT2D eigenvalue weighted by molar-refractivity contribution is 5.95. The molecule has 4 bridgehead atoms. The summed E-state index contributed by atoms with van der Waals surface area (Å²) in [6, 6.07) is 0.968. The average Bonchev–Trinajstić information content (AvgIpc) is 2.87. The molecule has 0 radical (unpaired) electrons. The monoisotopic (exact) mass is 320 g/mol. The molecule has 4 aliphatic rings. The van der Waals surface area contributed by atoms with E-state index in [2.05, 4.69) is 9.80 Å². The maximum absolute atomic E-state index is 12.9. The van der Waals surface area contributed by atoms with Crippen LogP contribution in [-0.2, 0) is 14.3 Å². The Kier molecular flexibility index (Phi) is 3.58. The molecule has 0 spiro atoms. The predicted molar refractivity (Wildman–Crippen MR) is 85.8 cm³/mol. The van der Waals surface area contributed by atoms with Crippen molar-refractivity contribution in [1.82, 2.24) is 9.80 Å². The van der Waals surface area contributed by atoms with Crippen molar-refractivity contribution < 1.29 is 14.3 Å². The van der Waals surface area contributed by atoms with E-state index in [-0.39, 0.29) is 11.9 Å². The second-order valence-corrected chi connectivity index (χ2v) is 8.13. The topological polar surface area (TPSA) is 49.9 Å². The molecule has 0 aromatic heterocycles. The number of hydrogen-bond donors (Lipinski definition) is 0. The number of hydrogen-bond acceptors (Lipinski definition) is 5. The van der Waals surface area contributed by atoms with Gasteiger partial charge in [0.15, 0.2) is 0 Å². The fourth-order valence-electron chi connectivity index (χ4n) is 5.76. The molecule has 4 heterocycles. The number of likely N-dealkylation sites (N-methyl/N-ethyl adjacent to an activating group) is 2. The van der Waals surface area contributed by atoms with E-state index in [0.717, 1.165) is 64.2 Å². The molecule has 0 unspecified atom stereocenters. The summed E-state index contributed by atoms with van der Waals surface area (Å²) >= 11 is 0. The lowest BCUT2D eigenvalue weighted by molar-refractivity contribution is -0.177. The van der Waals surface area contributed by atoms with Gasteiger partial charge in [0.1, 0.15) is 11.1 Å². The third-order valence-corrected chi connectivity index (χ3v) is 7.43. The largest absolute Gasteiger partial charge is 0.390 e. The lowest BCUT2D eigenvalue weighted by atomic mass is 9.87. The Balaban J connectivity index is 1.52. The number of rotatable bonds is 2. The zero-order valence-electron chi connectivity index (χ0n) is 14.3. The molecular formula is C18H28N2O3. The van der Waals surface area contributed by atoms with Crippen molar-refractivity contribution >= 4 is 11.9 Å². The van der Waals surface area contributed by atoms with Crippen molar-refractivity contribution in [1.29, 1.82) is 0 Å². The van der Waals surface area contributed by atoms with E-state index in [4.69, 9.17) is 4.74 Å².